The number of nitrogens with one attached hydrogen (secondary N) is 1. The van der Waals surface area contributed by atoms with E-state index in [4.69, 9.17) is 10.5 Å². The molecule has 2 atom stereocenters. The van der Waals surface area contributed by atoms with Gasteiger partial charge in [0.15, 0.2) is 5.96 Å². The van der Waals surface area contributed by atoms with Crippen LogP contribution in [0.1, 0.15) is 23.6 Å². The summed E-state index contributed by atoms with van der Waals surface area (Å²) in [6.45, 7) is 1.10. The summed E-state index contributed by atoms with van der Waals surface area (Å²) in [4.78, 5) is 4.32. The summed E-state index contributed by atoms with van der Waals surface area (Å²) < 4.78 is 17.8. The molecule has 0 radical (unpaired) electrons. The number of hydrogen-bond donors (Lipinski definition) is 2. The Morgan fingerprint density at radius 3 is 2.73 bits per heavy atom. The Balaban J connectivity index is 0.00000243. The smallest absolute Gasteiger partial charge is 0.189 e. The normalized spacial score (nSPS) is 17.4. The topological polar surface area (TPSA) is 76.7 Å². The lowest BCUT2D eigenvalue weighted by atomic mass is 10.0. The highest BCUT2D eigenvalue weighted by Crippen LogP contribution is 2.31. The molecule has 0 fully saturated rings. The van der Waals surface area contributed by atoms with Crippen LogP contribution in [0.3, 0.4) is 0 Å². The van der Waals surface area contributed by atoms with E-state index in [0.29, 0.717) is 30.6 Å². The molecule has 0 aliphatic carbocycles. The Hall–Kier alpha value is -1.61. The van der Waals surface area contributed by atoms with Gasteiger partial charge < -0.3 is 15.8 Å². The molecular formula is C19H24IN3O2S. The molecule has 7 heteroatoms. The summed E-state index contributed by atoms with van der Waals surface area (Å²) in [5, 5.41) is 3.25. The maximum Gasteiger partial charge on any atom is 0.189 e. The molecule has 2 unspecified atom stereocenters. The van der Waals surface area contributed by atoms with Gasteiger partial charge in [0.1, 0.15) is 5.75 Å². The van der Waals surface area contributed by atoms with Crippen LogP contribution in [-0.2, 0) is 16.6 Å². The van der Waals surface area contributed by atoms with Gasteiger partial charge in [-0.2, -0.15) is 0 Å². The third-order valence-electron chi connectivity index (χ3n) is 4.05. The van der Waals surface area contributed by atoms with E-state index in [-0.39, 0.29) is 30.0 Å². The van der Waals surface area contributed by atoms with Gasteiger partial charge in [0.05, 0.1) is 19.2 Å². The highest BCUT2D eigenvalue weighted by atomic mass is 127. The minimum absolute atomic E-state index is 0. The first-order valence-corrected chi connectivity index (χ1v) is 9.88. The first-order valence-electron chi connectivity index (χ1n) is 8.39. The molecule has 1 aliphatic rings. The second kappa shape index (κ2) is 10.5. The average molecular weight is 485 g/mol. The van der Waals surface area contributed by atoms with Gasteiger partial charge in [-0.25, -0.2) is 0 Å². The first-order chi connectivity index (χ1) is 12.2. The number of nitrogens with two attached hydrogens (primary N) is 1. The molecule has 0 aromatic heterocycles. The third-order valence-corrected chi connectivity index (χ3v) is 5.35. The van der Waals surface area contributed by atoms with Gasteiger partial charge in [0, 0.05) is 34.3 Å². The largest absolute Gasteiger partial charge is 0.493 e. The van der Waals surface area contributed by atoms with Crippen molar-refractivity contribution < 1.29 is 8.95 Å². The number of guanidine groups is 1. The Morgan fingerprint density at radius 1 is 1.19 bits per heavy atom. The van der Waals surface area contributed by atoms with Crippen LogP contribution in [0, 0.1) is 0 Å². The number of ether oxygens (including phenoxy) is 1. The number of rotatable bonds is 6. The van der Waals surface area contributed by atoms with E-state index in [1.165, 1.54) is 0 Å². The van der Waals surface area contributed by atoms with Crippen molar-refractivity contribution in [3.05, 3.63) is 65.7 Å². The molecule has 1 heterocycles. The molecule has 0 saturated carbocycles. The Bertz CT molecular complexity index is 755. The predicted octanol–water partition coefficient (Wildman–Crippen LogP) is 2.98. The standard InChI is InChI=1S/C19H23N3O2S.HI/c20-19(21-11-13-25(23)14-15-6-2-1-3-7-15)22-17-10-12-24-18-9-5-4-8-16(17)18;/h1-9,17H,10-14H2,(H3,20,21,22);1H. The lowest BCUT2D eigenvalue weighted by molar-refractivity contribution is 0.262. The molecular weight excluding hydrogens is 461 g/mol. The fourth-order valence-electron chi connectivity index (χ4n) is 2.82. The van der Waals surface area contributed by atoms with Crippen LogP contribution in [-0.4, -0.2) is 29.1 Å². The van der Waals surface area contributed by atoms with E-state index in [1.807, 2.05) is 54.6 Å². The fourth-order valence-corrected chi connectivity index (χ4v) is 3.82. The average Bonchev–Trinajstić information content (AvgIpc) is 2.63. The van der Waals surface area contributed by atoms with Crippen LogP contribution in [0.4, 0.5) is 0 Å². The van der Waals surface area contributed by atoms with Gasteiger partial charge in [-0.3, -0.25) is 9.20 Å². The first kappa shape index (κ1) is 20.7. The summed E-state index contributed by atoms with van der Waals surface area (Å²) in [5.41, 5.74) is 8.17. The van der Waals surface area contributed by atoms with Gasteiger partial charge in [0.25, 0.3) is 0 Å². The van der Waals surface area contributed by atoms with E-state index in [1.54, 1.807) is 0 Å². The SMILES string of the molecule is I.NC(=NCCS(=O)Cc1ccccc1)NC1CCOc2ccccc21. The number of aliphatic imine (C=N–C) groups is 1. The van der Waals surface area contributed by atoms with Crippen LogP contribution in [0.2, 0.25) is 0 Å². The van der Waals surface area contributed by atoms with Gasteiger partial charge in [-0.15, -0.1) is 24.0 Å². The molecule has 2 aromatic rings. The summed E-state index contributed by atoms with van der Waals surface area (Å²) >= 11 is 0. The lowest BCUT2D eigenvalue weighted by Gasteiger charge is -2.26. The van der Waals surface area contributed by atoms with Crippen molar-refractivity contribution in [2.45, 2.75) is 18.2 Å². The summed E-state index contributed by atoms with van der Waals surface area (Å²) in [7, 11) is -0.941. The van der Waals surface area contributed by atoms with Crippen molar-refractivity contribution in [2.75, 3.05) is 18.9 Å². The summed E-state index contributed by atoms with van der Waals surface area (Å²) in [5.74, 6) is 2.33. The summed E-state index contributed by atoms with van der Waals surface area (Å²) in [6, 6.07) is 17.9. The molecule has 0 bridgehead atoms. The Morgan fingerprint density at radius 2 is 1.92 bits per heavy atom. The maximum atomic E-state index is 12.1. The van der Waals surface area contributed by atoms with Crippen molar-refractivity contribution >= 4 is 40.7 Å². The number of halogens is 1. The number of para-hydroxylation sites is 1. The Kier molecular flexibility index (Phi) is 8.37. The van der Waals surface area contributed by atoms with Crippen molar-refractivity contribution in [1.82, 2.24) is 5.32 Å². The van der Waals surface area contributed by atoms with Crippen LogP contribution < -0.4 is 15.8 Å². The van der Waals surface area contributed by atoms with E-state index >= 15 is 0 Å². The zero-order valence-electron chi connectivity index (χ0n) is 14.5. The molecule has 3 rings (SSSR count). The van der Waals surface area contributed by atoms with Gasteiger partial charge >= 0.3 is 0 Å². The van der Waals surface area contributed by atoms with Crippen molar-refractivity contribution in [2.24, 2.45) is 10.7 Å². The predicted molar refractivity (Wildman–Crippen MR) is 117 cm³/mol. The van der Waals surface area contributed by atoms with Crippen LogP contribution in [0.15, 0.2) is 59.6 Å². The number of nitrogens with zero attached hydrogens (tertiary/aromatic N) is 1. The quantitative estimate of drug-likeness (QED) is 0.375. The van der Waals surface area contributed by atoms with Crippen molar-refractivity contribution in [1.29, 1.82) is 0 Å². The van der Waals surface area contributed by atoms with Crippen LogP contribution in [0.5, 0.6) is 5.75 Å². The Labute approximate surface area is 173 Å². The molecule has 1 aliphatic heterocycles. The second-order valence-electron chi connectivity index (χ2n) is 5.91. The van der Waals surface area contributed by atoms with Gasteiger partial charge in [-0.05, 0) is 11.6 Å². The minimum Gasteiger partial charge on any atom is -0.493 e. The van der Waals surface area contributed by atoms with E-state index in [9.17, 15) is 4.21 Å². The molecule has 5 nitrogen and oxygen atoms in total. The molecule has 0 saturated heterocycles. The van der Waals surface area contributed by atoms with Crippen LogP contribution >= 0.6 is 24.0 Å². The van der Waals surface area contributed by atoms with E-state index in [0.717, 1.165) is 23.3 Å². The van der Waals surface area contributed by atoms with Crippen molar-refractivity contribution in [3.63, 3.8) is 0 Å². The third kappa shape index (κ3) is 5.98. The van der Waals surface area contributed by atoms with Gasteiger partial charge in [0.2, 0.25) is 0 Å². The molecule has 0 amide bonds. The number of hydrogen-bond acceptors (Lipinski definition) is 3. The highest BCUT2D eigenvalue weighted by molar-refractivity contribution is 14.0. The molecule has 3 N–H and O–H groups in total. The second-order valence-corrected chi connectivity index (χ2v) is 7.49. The summed E-state index contributed by atoms with van der Waals surface area (Å²) in [6.07, 6.45) is 0.840. The lowest BCUT2D eigenvalue weighted by Crippen LogP contribution is -2.37. The minimum atomic E-state index is -0.941. The zero-order chi connectivity index (χ0) is 17.5. The van der Waals surface area contributed by atoms with Crippen LogP contribution in [0.25, 0.3) is 0 Å². The molecule has 26 heavy (non-hydrogen) atoms. The highest BCUT2D eigenvalue weighted by Gasteiger charge is 2.21. The monoisotopic (exact) mass is 485 g/mol. The fraction of sp³-hybridized carbons (Fsp3) is 0.316. The molecule has 2 aromatic carbocycles. The van der Waals surface area contributed by atoms with Gasteiger partial charge in [-0.1, -0.05) is 48.5 Å². The van der Waals surface area contributed by atoms with E-state index in [2.05, 4.69) is 10.3 Å². The molecule has 140 valence electrons. The van der Waals surface area contributed by atoms with E-state index < -0.39 is 10.8 Å². The molecule has 0 spiro atoms. The maximum absolute atomic E-state index is 12.1. The van der Waals surface area contributed by atoms with Crippen molar-refractivity contribution in [3.8, 4) is 5.75 Å². The number of benzene rings is 2. The zero-order valence-corrected chi connectivity index (χ0v) is 17.6. The number of fused-ring (bicyclic) bond motifs is 1.